The fraction of sp³-hybridized carbons (Fsp3) is 0.238. The first-order valence-corrected chi connectivity index (χ1v) is 9.02. The average molecular weight is 384 g/mol. The quantitative estimate of drug-likeness (QED) is 0.690. The monoisotopic (exact) mass is 383 g/mol. The molecule has 6 heteroatoms. The number of aryl methyl sites for hydroxylation is 1. The largest absolute Gasteiger partial charge is 0.496 e. The number of halogens is 1. The number of carbonyl (C=O) groups excluding carboxylic acids is 1. The zero-order valence-corrected chi connectivity index (χ0v) is 16.6. The van der Waals surface area contributed by atoms with Crippen LogP contribution in [0.4, 0.5) is 5.69 Å². The molecule has 5 nitrogen and oxygen atoms in total. The van der Waals surface area contributed by atoms with Crippen molar-refractivity contribution in [2.24, 2.45) is 0 Å². The molecule has 0 atom stereocenters. The van der Waals surface area contributed by atoms with Crippen molar-refractivity contribution in [3.8, 4) is 5.75 Å². The molecule has 1 amide bonds. The lowest BCUT2D eigenvalue weighted by Gasteiger charge is -2.11. The highest BCUT2D eigenvalue weighted by Gasteiger charge is 2.18. The first-order valence-electron chi connectivity index (χ1n) is 8.64. The van der Waals surface area contributed by atoms with Gasteiger partial charge in [-0.2, -0.15) is 5.10 Å². The van der Waals surface area contributed by atoms with E-state index >= 15 is 0 Å². The second-order valence-corrected chi connectivity index (χ2v) is 6.86. The molecular weight excluding hydrogens is 362 g/mol. The van der Waals surface area contributed by atoms with Crippen molar-refractivity contribution < 1.29 is 9.53 Å². The molecule has 0 aliphatic heterocycles. The van der Waals surface area contributed by atoms with E-state index in [1.165, 1.54) is 0 Å². The van der Waals surface area contributed by atoms with Gasteiger partial charge in [0.25, 0.3) is 5.91 Å². The van der Waals surface area contributed by atoms with Crippen LogP contribution in [0.1, 0.15) is 32.9 Å². The van der Waals surface area contributed by atoms with Crippen molar-refractivity contribution in [2.75, 3.05) is 12.4 Å². The molecule has 0 unspecified atom stereocenters. The van der Waals surface area contributed by atoms with Gasteiger partial charge in [0, 0.05) is 16.1 Å². The Morgan fingerprint density at radius 3 is 2.63 bits per heavy atom. The first kappa shape index (κ1) is 19.0. The van der Waals surface area contributed by atoms with Gasteiger partial charge in [-0.15, -0.1) is 0 Å². The first-order chi connectivity index (χ1) is 12.9. The average Bonchev–Trinajstić information content (AvgIpc) is 2.89. The van der Waals surface area contributed by atoms with Gasteiger partial charge in [0.2, 0.25) is 0 Å². The minimum atomic E-state index is -0.181. The highest BCUT2D eigenvalue weighted by molar-refractivity contribution is 6.30. The van der Waals surface area contributed by atoms with Crippen LogP contribution in [0, 0.1) is 20.8 Å². The molecule has 0 aliphatic rings. The predicted molar refractivity (Wildman–Crippen MR) is 108 cm³/mol. The van der Waals surface area contributed by atoms with E-state index in [1.807, 2.05) is 61.9 Å². The Morgan fingerprint density at radius 1 is 1.19 bits per heavy atom. The van der Waals surface area contributed by atoms with Crippen molar-refractivity contribution in [3.63, 3.8) is 0 Å². The summed E-state index contributed by atoms with van der Waals surface area (Å²) < 4.78 is 7.18. The number of rotatable bonds is 5. The zero-order valence-electron chi connectivity index (χ0n) is 15.8. The van der Waals surface area contributed by atoms with E-state index in [9.17, 15) is 4.79 Å². The summed E-state index contributed by atoms with van der Waals surface area (Å²) in [5, 5.41) is 8.26. The van der Waals surface area contributed by atoms with Gasteiger partial charge in [-0.1, -0.05) is 29.8 Å². The lowest BCUT2D eigenvalue weighted by Crippen LogP contribution is -2.15. The standard InChI is InChI=1S/C21H22ClN3O2/c1-13-18(9-6-10-19(13)27-4)21(26)23-20-14(2)24-25(15(20)3)12-16-7-5-8-17(22)11-16/h5-11H,12H2,1-4H3,(H,23,26). The number of ether oxygens (including phenoxy) is 1. The topological polar surface area (TPSA) is 56.1 Å². The molecule has 1 N–H and O–H groups in total. The zero-order chi connectivity index (χ0) is 19.6. The minimum Gasteiger partial charge on any atom is -0.496 e. The Kier molecular flexibility index (Phi) is 5.51. The summed E-state index contributed by atoms with van der Waals surface area (Å²) in [4.78, 5) is 12.8. The second kappa shape index (κ2) is 7.84. The van der Waals surface area contributed by atoms with Crippen LogP contribution >= 0.6 is 11.6 Å². The minimum absolute atomic E-state index is 0.181. The summed E-state index contributed by atoms with van der Waals surface area (Å²) in [6.07, 6.45) is 0. The molecule has 0 saturated carbocycles. The summed E-state index contributed by atoms with van der Waals surface area (Å²) >= 11 is 6.07. The molecule has 140 valence electrons. The van der Waals surface area contributed by atoms with Crippen LogP contribution in [0.15, 0.2) is 42.5 Å². The maximum absolute atomic E-state index is 12.8. The molecule has 0 saturated heterocycles. The number of carbonyl (C=O) groups is 1. The molecule has 27 heavy (non-hydrogen) atoms. The molecule has 0 fully saturated rings. The number of anilines is 1. The van der Waals surface area contributed by atoms with Gasteiger partial charge in [-0.3, -0.25) is 9.48 Å². The number of methoxy groups -OCH3 is 1. The molecular formula is C21H22ClN3O2. The van der Waals surface area contributed by atoms with Crippen LogP contribution in [-0.4, -0.2) is 22.8 Å². The van der Waals surface area contributed by atoms with E-state index in [2.05, 4.69) is 10.4 Å². The van der Waals surface area contributed by atoms with Gasteiger partial charge in [0.15, 0.2) is 0 Å². The van der Waals surface area contributed by atoms with Crippen LogP contribution in [0.5, 0.6) is 5.75 Å². The molecule has 2 aromatic carbocycles. The maximum atomic E-state index is 12.8. The highest BCUT2D eigenvalue weighted by Crippen LogP contribution is 2.25. The van der Waals surface area contributed by atoms with Gasteiger partial charge >= 0.3 is 0 Å². The van der Waals surface area contributed by atoms with E-state index in [0.717, 1.165) is 28.2 Å². The summed E-state index contributed by atoms with van der Waals surface area (Å²) in [6.45, 7) is 6.28. The van der Waals surface area contributed by atoms with E-state index in [1.54, 1.807) is 13.2 Å². The van der Waals surface area contributed by atoms with Crippen molar-refractivity contribution in [2.45, 2.75) is 27.3 Å². The lowest BCUT2D eigenvalue weighted by atomic mass is 10.1. The summed E-state index contributed by atoms with van der Waals surface area (Å²) in [5.74, 6) is 0.507. The number of benzene rings is 2. The summed E-state index contributed by atoms with van der Waals surface area (Å²) in [6, 6.07) is 13.1. The summed E-state index contributed by atoms with van der Waals surface area (Å²) in [7, 11) is 1.60. The van der Waals surface area contributed by atoms with Crippen LogP contribution in [-0.2, 0) is 6.54 Å². The molecule has 3 rings (SSSR count). The van der Waals surface area contributed by atoms with Crippen LogP contribution in [0.2, 0.25) is 5.02 Å². The fourth-order valence-electron chi connectivity index (χ4n) is 3.10. The van der Waals surface area contributed by atoms with Gasteiger partial charge in [-0.25, -0.2) is 0 Å². The maximum Gasteiger partial charge on any atom is 0.256 e. The van der Waals surface area contributed by atoms with E-state index in [0.29, 0.717) is 22.9 Å². The van der Waals surface area contributed by atoms with Gasteiger partial charge in [0.05, 0.1) is 30.7 Å². The van der Waals surface area contributed by atoms with E-state index in [-0.39, 0.29) is 5.91 Å². The highest BCUT2D eigenvalue weighted by atomic mass is 35.5. The van der Waals surface area contributed by atoms with Gasteiger partial charge < -0.3 is 10.1 Å². The number of nitrogens with zero attached hydrogens (tertiary/aromatic N) is 2. The number of amides is 1. The molecule has 0 bridgehead atoms. The Hall–Kier alpha value is -2.79. The van der Waals surface area contributed by atoms with Crippen LogP contribution in [0.25, 0.3) is 0 Å². The predicted octanol–water partition coefficient (Wildman–Crippen LogP) is 4.77. The Bertz CT molecular complexity index is 995. The normalized spacial score (nSPS) is 10.7. The third-order valence-corrected chi connectivity index (χ3v) is 4.83. The molecule has 3 aromatic rings. The Balaban J connectivity index is 1.86. The Morgan fingerprint density at radius 2 is 1.93 bits per heavy atom. The van der Waals surface area contributed by atoms with E-state index in [4.69, 9.17) is 16.3 Å². The molecule has 0 aliphatic carbocycles. The Labute approximate surface area is 163 Å². The third-order valence-electron chi connectivity index (χ3n) is 4.59. The smallest absolute Gasteiger partial charge is 0.256 e. The van der Waals surface area contributed by atoms with Crippen molar-refractivity contribution in [1.82, 2.24) is 9.78 Å². The van der Waals surface area contributed by atoms with Gasteiger partial charge in [0.1, 0.15) is 5.75 Å². The molecule has 1 aromatic heterocycles. The number of hydrogen-bond donors (Lipinski definition) is 1. The lowest BCUT2D eigenvalue weighted by molar-refractivity contribution is 0.102. The van der Waals surface area contributed by atoms with Crippen molar-refractivity contribution in [3.05, 3.63) is 75.6 Å². The van der Waals surface area contributed by atoms with Crippen molar-refractivity contribution >= 4 is 23.2 Å². The molecule has 0 radical (unpaired) electrons. The summed E-state index contributed by atoms with van der Waals surface area (Å²) in [5.41, 5.74) is 4.82. The van der Waals surface area contributed by atoms with Crippen LogP contribution < -0.4 is 10.1 Å². The molecule has 1 heterocycles. The third kappa shape index (κ3) is 3.98. The van der Waals surface area contributed by atoms with Gasteiger partial charge in [-0.05, 0) is 50.6 Å². The second-order valence-electron chi connectivity index (χ2n) is 6.42. The number of nitrogens with one attached hydrogen (secondary N) is 1. The molecule has 0 spiro atoms. The van der Waals surface area contributed by atoms with Crippen LogP contribution in [0.3, 0.4) is 0 Å². The fourth-order valence-corrected chi connectivity index (χ4v) is 3.32. The van der Waals surface area contributed by atoms with E-state index < -0.39 is 0 Å². The number of aromatic nitrogens is 2. The number of hydrogen-bond acceptors (Lipinski definition) is 3. The van der Waals surface area contributed by atoms with Crippen molar-refractivity contribution in [1.29, 1.82) is 0 Å². The SMILES string of the molecule is COc1cccc(C(=O)Nc2c(C)nn(Cc3cccc(Cl)c3)c2C)c1C.